The number of aromatic nitrogens is 1. The lowest BCUT2D eigenvalue weighted by Gasteiger charge is -2.36. The number of carboxylic acid groups (broad SMARTS) is 1. The van der Waals surface area contributed by atoms with Crippen LogP contribution in [-0.4, -0.2) is 63.4 Å². The van der Waals surface area contributed by atoms with Crippen molar-refractivity contribution < 1.29 is 19.5 Å². The molecule has 0 bridgehead atoms. The number of hydrogen-bond donors (Lipinski definition) is 1. The molecule has 2 fully saturated rings. The van der Waals surface area contributed by atoms with Gasteiger partial charge in [0.25, 0.3) is 5.91 Å². The first kappa shape index (κ1) is 15.5. The van der Waals surface area contributed by atoms with Crippen LogP contribution < -0.4 is 0 Å². The van der Waals surface area contributed by atoms with E-state index in [-0.39, 0.29) is 23.6 Å². The van der Waals surface area contributed by atoms with Crippen molar-refractivity contribution in [2.45, 2.75) is 31.7 Å². The minimum Gasteiger partial charge on any atom is -0.477 e. The Bertz CT molecular complexity index is 621. The molecule has 0 saturated carbocycles. The summed E-state index contributed by atoms with van der Waals surface area (Å²) in [6, 6.07) is 3.07. The number of amides is 2. The van der Waals surface area contributed by atoms with E-state index in [1.165, 1.54) is 18.3 Å². The Morgan fingerprint density at radius 2 is 1.91 bits per heavy atom. The highest BCUT2D eigenvalue weighted by molar-refractivity contribution is 5.95. The van der Waals surface area contributed by atoms with Gasteiger partial charge in [-0.2, -0.15) is 0 Å². The van der Waals surface area contributed by atoms with Crippen LogP contribution in [-0.2, 0) is 4.79 Å². The highest BCUT2D eigenvalue weighted by Gasteiger charge is 2.32. The second-order valence-electron chi connectivity index (χ2n) is 5.95. The van der Waals surface area contributed by atoms with E-state index >= 15 is 0 Å². The molecule has 23 heavy (non-hydrogen) atoms. The van der Waals surface area contributed by atoms with E-state index in [0.29, 0.717) is 25.1 Å². The van der Waals surface area contributed by atoms with Crippen molar-refractivity contribution in [1.82, 2.24) is 14.8 Å². The smallest absolute Gasteiger partial charge is 0.354 e. The summed E-state index contributed by atoms with van der Waals surface area (Å²) in [6.45, 7) is 2.04. The lowest BCUT2D eigenvalue weighted by molar-refractivity contribution is -0.130. The van der Waals surface area contributed by atoms with Crippen molar-refractivity contribution >= 4 is 17.8 Å². The maximum atomic E-state index is 12.4. The third kappa shape index (κ3) is 3.18. The zero-order valence-electron chi connectivity index (χ0n) is 12.8. The van der Waals surface area contributed by atoms with Crippen LogP contribution in [0.25, 0.3) is 0 Å². The van der Waals surface area contributed by atoms with Gasteiger partial charge in [-0.25, -0.2) is 9.78 Å². The van der Waals surface area contributed by atoms with Crippen LogP contribution in [0.1, 0.15) is 46.5 Å². The molecule has 2 amide bonds. The number of pyridine rings is 1. The number of carbonyl (C=O) groups excluding carboxylic acids is 2. The monoisotopic (exact) mass is 317 g/mol. The van der Waals surface area contributed by atoms with Gasteiger partial charge in [-0.05, 0) is 31.4 Å². The fourth-order valence-electron chi connectivity index (χ4n) is 3.27. The zero-order chi connectivity index (χ0) is 16.4. The molecule has 3 rings (SSSR count). The summed E-state index contributed by atoms with van der Waals surface area (Å²) in [6.07, 6.45) is 4.46. The van der Waals surface area contributed by atoms with E-state index in [1.54, 1.807) is 4.90 Å². The first-order valence-corrected chi connectivity index (χ1v) is 7.84. The zero-order valence-corrected chi connectivity index (χ0v) is 12.8. The number of aromatic carboxylic acids is 1. The predicted octanol–water partition coefficient (Wildman–Crippen LogP) is 1.01. The fraction of sp³-hybridized carbons (Fsp3) is 0.500. The van der Waals surface area contributed by atoms with E-state index in [4.69, 9.17) is 5.11 Å². The van der Waals surface area contributed by atoms with Crippen LogP contribution in [0.15, 0.2) is 18.3 Å². The van der Waals surface area contributed by atoms with Gasteiger partial charge in [-0.15, -0.1) is 0 Å². The number of carbonyl (C=O) groups is 3. The summed E-state index contributed by atoms with van der Waals surface area (Å²) < 4.78 is 0. The van der Waals surface area contributed by atoms with Gasteiger partial charge < -0.3 is 14.9 Å². The Morgan fingerprint density at radius 1 is 1.17 bits per heavy atom. The molecule has 7 heteroatoms. The van der Waals surface area contributed by atoms with Crippen LogP contribution in [0.3, 0.4) is 0 Å². The summed E-state index contributed by atoms with van der Waals surface area (Å²) in [4.78, 5) is 42.5. The summed E-state index contributed by atoms with van der Waals surface area (Å²) in [5, 5.41) is 8.83. The number of rotatable bonds is 3. The third-order valence-electron chi connectivity index (χ3n) is 4.53. The third-order valence-corrected chi connectivity index (χ3v) is 4.53. The standard InChI is InChI=1S/C16H19N3O4/c20-14-2-1-7-19(14)12-5-8-18(9-6-12)15(21)11-3-4-13(16(22)23)17-10-11/h3-4,10,12H,1-2,5-9H2,(H,22,23). The van der Waals surface area contributed by atoms with Gasteiger partial charge in [-0.3, -0.25) is 9.59 Å². The number of carboxylic acids is 1. The Balaban J connectivity index is 1.59. The Kier molecular flexibility index (Phi) is 4.27. The van der Waals surface area contributed by atoms with Crippen molar-refractivity contribution in [2.24, 2.45) is 0 Å². The van der Waals surface area contributed by atoms with E-state index in [1.807, 2.05) is 4.90 Å². The molecule has 0 aliphatic carbocycles. The first-order chi connectivity index (χ1) is 11.1. The molecule has 0 aromatic carbocycles. The average Bonchev–Trinajstić information content (AvgIpc) is 3.00. The second kappa shape index (κ2) is 6.36. The molecule has 3 heterocycles. The Labute approximate surface area is 133 Å². The van der Waals surface area contributed by atoms with Gasteiger partial charge in [0.05, 0.1) is 5.56 Å². The largest absolute Gasteiger partial charge is 0.477 e. The molecule has 0 spiro atoms. The SMILES string of the molecule is O=C(O)c1ccc(C(=O)N2CCC(N3CCCC3=O)CC2)cn1. The number of likely N-dealkylation sites (tertiary alicyclic amines) is 2. The van der Waals surface area contributed by atoms with Crippen LogP contribution in [0.4, 0.5) is 0 Å². The van der Waals surface area contributed by atoms with Crippen LogP contribution in [0.2, 0.25) is 0 Å². The van der Waals surface area contributed by atoms with Gasteiger partial charge in [0, 0.05) is 38.3 Å². The molecule has 122 valence electrons. The van der Waals surface area contributed by atoms with E-state index in [2.05, 4.69) is 4.98 Å². The first-order valence-electron chi connectivity index (χ1n) is 7.84. The summed E-state index contributed by atoms with van der Waals surface area (Å²) in [7, 11) is 0. The van der Waals surface area contributed by atoms with Crippen molar-refractivity contribution in [1.29, 1.82) is 0 Å². The molecule has 2 aliphatic rings. The highest BCUT2D eigenvalue weighted by Crippen LogP contribution is 2.23. The predicted molar refractivity (Wildman–Crippen MR) is 81.1 cm³/mol. The molecular weight excluding hydrogens is 298 g/mol. The molecule has 0 atom stereocenters. The molecule has 0 unspecified atom stereocenters. The normalized spacial score (nSPS) is 19.2. The highest BCUT2D eigenvalue weighted by atomic mass is 16.4. The number of nitrogens with zero attached hydrogens (tertiary/aromatic N) is 3. The van der Waals surface area contributed by atoms with Gasteiger partial charge >= 0.3 is 5.97 Å². The number of piperidine rings is 1. The minimum atomic E-state index is -1.11. The lowest BCUT2D eigenvalue weighted by atomic mass is 10.0. The lowest BCUT2D eigenvalue weighted by Crippen LogP contribution is -2.47. The van der Waals surface area contributed by atoms with E-state index in [9.17, 15) is 14.4 Å². The van der Waals surface area contributed by atoms with Gasteiger partial charge in [0.2, 0.25) is 5.91 Å². The second-order valence-corrected chi connectivity index (χ2v) is 5.95. The molecule has 2 saturated heterocycles. The van der Waals surface area contributed by atoms with Gasteiger partial charge in [-0.1, -0.05) is 0 Å². The quantitative estimate of drug-likeness (QED) is 0.898. The molecule has 2 aliphatic heterocycles. The van der Waals surface area contributed by atoms with Crippen LogP contribution in [0.5, 0.6) is 0 Å². The van der Waals surface area contributed by atoms with Crippen molar-refractivity contribution in [3.8, 4) is 0 Å². The maximum Gasteiger partial charge on any atom is 0.354 e. The number of hydrogen-bond acceptors (Lipinski definition) is 4. The fourth-order valence-corrected chi connectivity index (χ4v) is 3.27. The van der Waals surface area contributed by atoms with Crippen LogP contribution >= 0.6 is 0 Å². The molecule has 7 nitrogen and oxygen atoms in total. The molecule has 1 aromatic rings. The van der Waals surface area contributed by atoms with Crippen molar-refractivity contribution in [2.75, 3.05) is 19.6 Å². The van der Waals surface area contributed by atoms with Crippen molar-refractivity contribution in [3.05, 3.63) is 29.6 Å². The molecule has 0 radical (unpaired) electrons. The average molecular weight is 317 g/mol. The maximum absolute atomic E-state index is 12.4. The van der Waals surface area contributed by atoms with E-state index < -0.39 is 5.97 Å². The molecule has 1 aromatic heterocycles. The minimum absolute atomic E-state index is 0.0761. The Hall–Kier alpha value is -2.44. The van der Waals surface area contributed by atoms with Crippen LogP contribution in [0, 0.1) is 0 Å². The topological polar surface area (TPSA) is 90.8 Å². The summed E-state index contributed by atoms with van der Waals surface area (Å²) in [5.74, 6) is -1.02. The van der Waals surface area contributed by atoms with Crippen molar-refractivity contribution in [3.63, 3.8) is 0 Å². The summed E-state index contributed by atoms with van der Waals surface area (Å²) in [5.41, 5.74) is 0.318. The molecule has 1 N–H and O–H groups in total. The Morgan fingerprint density at radius 3 is 2.43 bits per heavy atom. The van der Waals surface area contributed by atoms with Gasteiger partial charge in [0.15, 0.2) is 0 Å². The van der Waals surface area contributed by atoms with E-state index in [0.717, 1.165) is 25.8 Å². The molecular formula is C16H19N3O4. The van der Waals surface area contributed by atoms with Gasteiger partial charge in [0.1, 0.15) is 5.69 Å². The summed E-state index contributed by atoms with van der Waals surface area (Å²) >= 11 is 0.